The quantitative estimate of drug-likeness (QED) is 0.598. The van der Waals surface area contributed by atoms with Gasteiger partial charge >= 0.3 is 5.97 Å². The van der Waals surface area contributed by atoms with Gasteiger partial charge in [0.25, 0.3) is 0 Å². The number of nitrogens with zero attached hydrogens (tertiary/aromatic N) is 1. The molecular weight excluding hydrogens is 381 g/mol. The molecule has 0 atom stereocenters. The summed E-state index contributed by atoms with van der Waals surface area (Å²) in [6.45, 7) is 3.51. The lowest BCUT2D eigenvalue weighted by Gasteiger charge is -2.12. The van der Waals surface area contributed by atoms with Crippen LogP contribution in [0.5, 0.6) is 5.75 Å². The zero-order valence-electron chi connectivity index (χ0n) is 15.8. The van der Waals surface area contributed by atoms with Crippen LogP contribution in [0.2, 0.25) is 0 Å². The highest BCUT2D eigenvalue weighted by Crippen LogP contribution is 2.34. The second-order valence-electron chi connectivity index (χ2n) is 6.42. The molecule has 0 radical (unpaired) electrons. The molecule has 1 aromatic heterocycles. The molecule has 0 saturated carbocycles. The molecule has 0 fully saturated rings. The molecule has 5 nitrogen and oxygen atoms in total. The van der Waals surface area contributed by atoms with Gasteiger partial charge in [-0.1, -0.05) is 19.1 Å². The van der Waals surface area contributed by atoms with Crippen LogP contribution in [0.25, 0.3) is 16.9 Å². The molecule has 146 valence electrons. The summed E-state index contributed by atoms with van der Waals surface area (Å²) in [6, 6.07) is 14.1. The lowest BCUT2D eigenvalue weighted by molar-refractivity contribution is -0.134. The summed E-state index contributed by atoms with van der Waals surface area (Å²) in [5.74, 6) is -0.318. The Bertz CT molecular complexity index is 1110. The average molecular weight is 401 g/mol. The number of sulfone groups is 1. The fraction of sp³-hybridized carbons (Fsp3) is 0.190. The smallest absolute Gasteiger partial charge is 0.310 e. The Labute approximate surface area is 163 Å². The molecule has 28 heavy (non-hydrogen) atoms. The number of halogens is 1. The van der Waals surface area contributed by atoms with E-state index in [1.165, 1.54) is 24.3 Å². The van der Waals surface area contributed by atoms with Crippen molar-refractivity contribution in [3.8, 4) is 22.7 Å². The topological polar surface area (TPSA) is 65.4 Å². The van der Waals surface area contributed by atoms with Crippen LogP contribution in [0, 0.1) is 12.7 Å². The maximum atomic E-state index is 13.4. The molecule has 3 aromatic rings. The van der Waals surface area contributed by atoms with E-state index in [1.807, 2.05) is 4.57 Å². The highest BCUT2D eigenvalue weighted by Gasteiger charge is 2.18. The second kappa shape index (κ2) is 7.59. The van der Waals surface area contributed by atoms with E-state index in [2.05, 4.69) is 0 Å². The van der Waals surface area contributed by atoms with Gasteiger partial charge in [0.1, 0.15) is 5.82 Å². The summed E-state index contributed by atoms with van der Waals surface area (Å²) in [6.07, 6.45) is 1.38. The van der Waals surface area contributed by atoms with Crippen LogP contribution in [0.3, 0.4) is 0 Å². The molecule has 7 heteroatoms. The van der Waals surface area contributed by atoms with E-state index in [0.29, 0.717) is 22.8 Å². The van der Waals surface area contributed by atoms with Crippen LogP contribution in [0.15, 0.2) is 59.5 Å². The Morgan fingerprint density at radius 3 is 2.21 bits per heavy atom. The van der Waals surface area contributed by atoms with Crippen molar-refractivity contribution in [1.29, 1.82) is 0 Å². The molecule has 2 aromatic carbocycles. The lowest BCUT2D eigenvalue weighted by atomic mass is 10.1. The first-order valence-electron chi connectivity index (χ1n) is 8.70. The number of benzene rings is 2. The number of ether oxygens (including phenoxy) is 1. The number of aromatic nitrogens is 1. The Morgan fingerprint density at radius 2 is 1.68 bits per heavy atom. The standard InChI is InChI=1S/C21H20FNO4S/c1-4-21(24)27-20-13-19(15-5-11-18(12-6-15)28(3,25)26)23(14(20)2)17-9-7-16(22)8-10-17/h5-13H,4H2,1-3H3. The largest absolute Gasteiger partial charge is 0.425 e. The van der Waals surface area contributed by atoms with Gasteiger partial charge in [0.15, 0.2) is 15.6 Å². The minimum atomic E-state index is -3.31. The van der Waals surface area contributed by atoms with E-state index in [9.17, 15) is 17.6 Å². The van der Waals surface area contributed by atoms with Crippen LogP contribution in [0.4, 0.5) is 4.39 Å². The molecule has 0 saturated heterocycles. The molecule has 0 aliphatic rings. The fourth-order valence-corrected chi connectivity index (χ4v) is 3.52. The predicted molar refractivity (Wildman–Crippen MR) is 105 cm³/mol. The van der Waals surface area contributed by atoms with Gasteiger partial charge in [-0.05, 0) is 48.9 Å². The van der Waals surface area contributed by atoms with E-state index in [0.717, 1.165) is 11.8 Å². The first kappa shape index (κ1) is 19.8. The van der Waals surface area contributed by atoms with Gasteiger partial charge in [-0.3, -0.25) is 4.79 Å². The fourth-order valence-electron chi connectivity index (χ4n) is 2.89. The highest BCUT2D eigenvalue weighted by molar-refractivity contribution is 7.90. The molecule has 0 amide bonds. The van der Waals surface area contributed by atoms with Crippen molar-refractivity contribution in [2.24, 2.45) is 0 Å². The summed E-state index contributed by atoms with van der Waals surface area (Å²) in [7, 11) is -3.31. The summed E-state index contributed by atoms with van der Waals surface area (Å²) >= 11 is 0. The van der Waals surface area contributed by atoms with E-state index in [-0.39, 0.29) is 23.1 Å². The van der Waals surface area contributed by atoms with Crippen molar-refractivity contribution in [1.82, 2.24) is 4.57 Å². The number of hydrogen-bond acceptors (Lipinski definition) is 4. The number of carbonyl (C=O) groups excluding carboxylic acids is 1. The monoisotopic (exact) mass is 401 g/mol. The van der Waals surface area contributed by atoms with Gasteiger partial charge in [-0.25, -0.2) is 12.8 Å². The third-order valence-electron chi connectivity index (χ3n) is 4.38. The third kappa shape index (κ3) is 3.99. The molecule has 0 aliphatic heterocycles. The van der Waals surface area contributed by atoms with Crippen molar-refractivity contribution >= 4 is 15.8 Å². The van der Waals surface area contributed by atoms with Crippen LogP contribution in [0.1, 0.15) is 19.0 Å². The SMILES string of the molecule is CCC(=O)Oc1cc(-c2ccc(S(C)(=O)=O)cc2)n(-c2ccc(F)cc2)c1C. The van der Waals surface area contributed by atoms with E-state index < -0.39 is 9.84 Å². The number of rotatable bonds is 5. The van der Waals surface area contributed by atoms with Crippen molar-refractivity contribution in [3.63, 3.8) is 0 Å². The van der Waals surface area contributed by atoms with Gasteiger partial charge in [0.05, 0.1) is 16.3 Å². The summed E-state index contributed by atoms with van der Waals surface area (Å²) in [5.41, 5.74) is 2.80. The van der Waals surface area contributed by atoms with Gasteiger partial charge in [-0.15, -0.1) is 0 Å². The Morgan fingerprint density at radius 1 is 1.07 bits per heavy atom. The average Bonchev–Trinajstić information content (AvgIpc) is 2.98. The van der Waals surface area contributed by atoms with E-state index in [4.69, 9.17) is 4.74 Å². The van der Waals surface area contributed by atoms with Gasteiger partial charge in [0, 0.05) is 24.4 Å². The molecule has 0 N–H and O–H groups in total. The molecular formula is C21H20FNO4S. The Kier molecular flexibility index (Phi) is 5.38. The van der Waals surface area contributed by atoms with Crippen LogP contribution < -0.4 is 4.74 Å². The zero-order chi connectivity index (χ0) is 20.5. The summed E-state index contributed by atoms with van der Waals surface area (Å²) in [4.78, 5) is 12.0. The molecule has 3 rings (SSSR count). The van der Waals surface area contributed by atoms with E-state index in [1.54, 1.807) is 44.2 Å². The van der Waals surface area contributed by atoms with Gasteiger partial charge < -0.3 is 9.30 Å². The summed E-state index contributed by atoms with van der Waals surface area (Å²) in [5, 5.41) is 0. The molecule has 0 unspecified atom stereocenters. The van der Waals surface area contributed by atoms with Crippen LogP contribution in [-0.2, 0) is 14.6 Å². The van der Waals surface area contributed by atoms with E-state index >= 15 is 0 Å². The van der Waals surface area contributed by atoms with Crippen LogP contribution >= 0.6 is 0 Å². The van der Waals surface area contributed by atoms with Crippen molar-refractivity contribution < 1.29 is 22.3 Å². The molecule has 0 aliphatic carbocycles. The molecule has 0 spiro atoms. The maximum Gasteiger partial charge on any atom is 0.310 e. The lowest BCUT2D eigenvalue weighted by Crippen LogP contribution is -2.06. The number of esters is 1. The Hall–Kier alpha value is -2.93. The first-order valence-corrected chi connectivity index (χ1v) is 10.6. The van der Waals surface area contributed by atoms with Crippen LogP contribution in [-0.4, -0.2) is 25.2 Å². The minimum Gasteiger partial charge on any atom is -0.425 e. The van der Waals surface area contributed by atoms with Gasteiger partial charge in [0.2, 0.25) is 0 Å². The predicted octanol–water partition coefficient (Wildman–Crippen LogP) is 4.31. The normalized spacial score (nSPS) is 11.4. The third-order valence-corrected chi connectivity index (χ3v) is 5.50. The molecule has 0 bridgehead atoms. The second-order valence-corrected chi connectivity index (χ2v) is 8.43. The van der Waals surface area contributed by atoms with Crippen molar-refractivity contribution in [3.05, 3.63) is 66.1 Å². The highest BCUT2D eigenvalue weighted by atomic mass is 32.2. The number of carbonyl (C=O) groups is 1. The maximum absolute atomic E-state index is 13.4. The van der Waals surface area contributed by atoms with Crippen molar-refractivity contribution in [2.75, 3.05) is 6.26 Å². The molecule has 1 heterocycles. The number of hydrogen-bond donors (Lipinski definition) is 0. The summed E-state index contributed by atoms with van der Waals surface area (Å²) < 4.78 is 44.1. The van der Waals surface area contributed by atoms with Gasteiger partial charge in [-0.2, -0.15) is 0 Å². The Balaban J connectivity index is 2.17. The minimum absolute atomic E-state index is 0.213. The zero-order valence-corrected chi connectivity index (χ0v) is 16.6. The first-order chi connectivity index (χ1) is 13.2. The van der Waals surface area contributed by atoms with Crippen molar-refractivity contribution in [2.45, 2.75) is 25.2 Å².